The first-order valence-corrected chi connectivity index (χ1v) is 10.6. The standard InChI is InChI=1S/C28H24O4/c29-23-13-5-1-9-19(23)27(20-10-2-6-14-24(20)30)17-28(18-27,21-11-3-7-15-25(21)31)22-12-4-8-16-26(22)32/h1-16,29-32H,17-18H2. The van der Waals surface area contributed by atoms with Crippen LogP contribution in [0.1, 0.15) is 35.1 Å². The minimum atomic E-state index is -0.707. The molecule has 160 valence electrons. The van der Waals surface area contributed by atoms with Crippen LogP contribution in [0.2, 0.25) is 0 Å². The Labute approximate surface area is 186 Å². The number of aromatic hydroxyl groups is 4. The minimum Gasteiger partial charge on any atom is -0.508 e. The highest BCUT2D eigenvalue weighted by atomic mass is 16.3. The fourth-order valence-electron chi connectivity index (χ4n) is 5.54. The Hall–Kier alpha value is -3.92. The van der Waals surface area contributed by atoms with Crippen molar-refractivity contribution >= 4 is 0 Å². The second-order valence-electron chi connectivity index (χ2n) is 8.59. The van der Waals surface area contributed by atoms with E-state index in [1.54, 1.807) is 48.5 Å². The first-order chi connectivity index (χ1) is 15.5. The van der Waals surface area contributed by atoms with Gasteiger partial charge in [0.15, 0.2) is 0 Å². The van der Waals surface area contributed by atoms with Gasteiger partial charge in [-0.3, -0.25) is 0 Å². The smallest absolute Gasteiger partial charge is 0.119 e. The van der Waals surface area contributed by atoms with Crippen molar-refractivity contribution in [2.45, 2.75) is 23.7 Å². The number of phenols is 4. The molecule has 4 aromatic carbocycles. The topological polar surface area (TPSA) is 80.9 Å². The van der Waals surface area contributed by atoms with Gasteiger partial charge in [-0.05, 0) is 37.1 Å². The Balaban J connectivity index is 1.77. The summed E-state index contributed by atoms with van der Waals surface area (Å²) in [4.78, 5) is 0. The molecule has 4 nitrogen and oxygen atoms in total. The molecule has 0 radical (unpaired) electrons. The fraction of sp³-hybridized carbons (Fsp3) is 0.143. The molecule has 4 N–H and O–H groups in total. The van der Waals surface area contributed by atoms with Crippen LogP contribution in [-0.4, -0.2) is 20.4 Å². The highest BCUT2D eigenvalue weighted by Gasteiger charge is 2.60. The predicted octanol–water partition coefficient (Wildman–Crippen LogP) is 5.58. The Kier molecular flexibility index (Phi) is 4.59. The molecule has 32 heavy (non-hydrogen) atoms. The van der Waals surface area contributed by atoms with Crippen LogP contribution in [0.5, 0.6) is 23.0 Å². The van der Waals surface area contributed by atoms with Gasteiger partial charge in [0, 0.05) is 33.1 Å². The lowest BCUT2D eigenvalue weighted by Gasteiger charge is -2.58. The monoisotopic (exact) mass is 424 g/mol. The molecular weight excluding hydrogens is 400 g/mol. The summed E-state index contributed by atoms with van der Waals surface area (Å²) in [7, 11) is 0. The molecule has 0 atom stereocenters. The van der Waals surface area contributed by atoms with E-state index in [0.29, 0.717) is 35.1 Å². The largest absolute Gasteiger partial charge is 0.508 e. The van der Waals surface area contributed by atoms with Crippen LogP contribution in [0.3, 0.4) is 0 Å². The van der Waals surface area contributed by atoms with Gasteiger partial charge in [-0.15, -0.1) is 0 Å². The molecule has 0 unspecified atom stereocenters. The lowest BCUT2D eigenvalue weighted by molar-refractivity contribution is 0.157. The molecule has 0 bridgehead atoms. The van der Waals surface area contributed by atoms with Crippen molar-refractivity contribution in [3.05, 3.63) is 119 Å². The van der Waals surface area contributed by atoms with Gasteiger partial charge < -0.3 is 20.4 Å². The first kappa shape index (κ1) is 20.0. The van der Waals surface area contributed by atoms with E-state index in [-0.39, 0.29) is 23.0 Å². The first-order valence-electron chi connectivity index (χ1n) is 10.6. The van der Waals surface area contributed by atoms with Crippen LogP contribution in [0.25, 0.3) is 0 Å². The third-order valence-electron chi connectivity index (χ3n) is 6.89. The molecule has 0 aliphatic heterocycles. The van der Waals surface area contributed by atoms with Crippen molar-refractivity contribution < 1.29 is 20.4 Å². The minimum absolute atomic E-state index is 0.152. The number of benzene rings is 4. The zero-order valence-corrected chi connectivity index (χ0v) is 17.4. The molecule has 1 aliphatic carbocycles. The van der Waals surface area contributed by atoms with Gasteiger partial charge in [0.05, 0.1) is 0 Å². The Morgan fingerprint density at radius 2 is 0.594 bits per heavy atom. The summed E-state index contributed by atoms with van der Waals surface area (Å²) in [5, 5.41) is 43.2. The summed E-state index contributed by atoms with van der Waals surface area (Å²) in [6, 6.07) is 28.7. The normalized spacial score (nSPS) is 16.2. The third-order valence-corrected chi connectivity index (χ3v) is 6.89. The van der Waals surface area contributed by atoms with Gasteiger partial charge in [0.2, 0.25) is 0 Å². The second kappa shape index (κ2) is 7.34. The quantitative estimate of drug-likeness (QED) is 0.345. The SMILES string of the molecule is Oc1ccccc1C1(c2ccccc2O)CC(c2ccccc2O)(c2ccccc2O)C1. The van der Waals surface area contributed by atoms with E-state index in [0.717, 1.165) is 0 Å². The summed E-state index contributed by atoms with van der Waals surface area (Å²) in [5.41, 5.74) is 1.43. The molecule has 0 heterocycles. The van der Waals surface area contributed by atoms with Crippen molar-refractivity contribution in [1.29, 1.82) is 0 Å². The maximum Gasteiger partial charge on any atom is 0.119 e. The highest BCUT2D eigenvalue weighted by Crippen LogP contribution is 2.66. The van der Waals surface area contributed by atoms with E-state index < -0.39 is 10.8 Å². The van der Waals surface area contributed by atoms with Gasteiger partial charge in [-0.1, -0.05) is 72.8 Å². The molecule has 4 aromatic rings. The fourth-order valence-corrected chi connectivity index (χ4v) is 5.54. The maximum atomic E-state index is 10.8. The van der Waals surface area contributed by atoms with E-state index in [9.17, 15) is 20.4 Å². The van der Waals surface area contributed by atoms with E-state index in [4.69, 9.17) is 0 Å². The predicted molar refractivity (Wildman–Crippen MR) is 123 cm³/mol. The molecule has 1 saturated carbocycles. The van der Waals surface area contributed by atoms with Crippen LogP contribution in [0, 0.1) is 0 Å². The molecule has 4 heteroatoms. The number of rotatable bonds is 4. The van der Waals surface area contributed by atoms with E-state index in [2.05, 4.69) is 0 Å². The molecule has 0 aromatic heterocycles. The summed E-state index contributed by atoms with van der Waals surface area (Å²) in [6.45, 7) is 0. The molecule has 0 amide bonds. The summed E-state index contributed by atoms with van der Waals surface area (Å²) in [5.74, 6) is 0.607. The number of phenolic OH excluding ortho intramolecular Hbond substituents is 4. The molecule has 0 saturated heterocycles. The van der Waals surface area contributed by atoms with Crippen molar-refractivity contribution in [2.24, 2.45) is 0 Å². The average molecular weight is 424 g/mol. The Bertz CT molecular complexity index is 1090. The second-order valence-corrected chi connectivity index (χ2v) is 8.59. The van der Waals surface area contributed by atoms with Gasteiger partial charge >= 0.3 is 0 Å². The van der Waals surface area contributed by atoms with Crippen molar-refractivity contribution in [3.63, 3.8) is 0 Å². The average Bonchev–Trinajstić information content (AvgIpc) is 2.77. The molecule has 0 spiro atoms. The van der Waals surface area contributed by atoms with Gasteiger partial charge in [-0.2, -0.15) is 0 Å². The number of hydrogen-bond donors (Lipinski definition) is 4. The summed E-state index contributed by atoms with van der Waals surface area (Å²) >= 11 is 0. The van der Waals surface area contributed by atoms with E-state index in [1.165, 1.54) is 0 Å². The van der Waals surface area contributed by atoms with Gasteiger partial charge in [0.25, 0.3) is 0 Å². The van der Waals surface area contributed by atoms with E-state index >= 15 is 0 Å². The molecule has 5 rings (SSSR count). The van der Waals surface area contributed by atoms with Crippen molar-refractivity contribution in [2.75, 3.05) is 0 Å². The van der Waals surface area contributed by atoms with Gasteiger partial charge in [-0.25, -0.2) is 0 Å². The lowest BCUT2D eigenvalue weighted by Crippen LogP contribution is -2.54. The Morgan fingerprint density at radius 1 is 0.375 bits per heavy atom. The van der Waals surface area contributed by atoms with Crippen molar-refractivity contribution in [3.8, 4) is 23.0 Å². The van der Waals surface area contributed by atoms with Gasteiger partial charge in [0.1, 0.15) is 23.0 Å². The molecule has 1 fully saturated rings. The third kappa shape index (κ3) is 2.83. The van der Waals surface area contributed by atoms with Crippen LogP contribution < -0.4 is 0 Å². The van der Waals surface area contributed by atoms with Crippen LogP contribution in [0.15, 0.2) is 97.1 Å². The van der Waals surface area contributed by atoms with E-state index in [1.807, 2.05) is 48.5 Å². The summed E-state index contributed by atoms with van der Waals surface area (Å²) in [6.07, 6.45) is 0.897. The maximum absolute atomic E-state index is 10.8. The highest BCUT2D eigenvalue weighted by molar-refractivity contribution is 5.62. The number of para-hydroxylation sites is 4. The molecule has 1 aliphatic rings. The Morgan fingerprint density at radius 3 is 0.812 bits per heavy atom. The van der Waals surface area contributed by atoms with Crippen LogP contribution >= 0.6 is 0 Å². The zero-order valence-electron chi connectivity index (χ0n) is 17.4. The zero-order chi connectivity index (χ0) is 22.3. The van der Waals surface area contributed by atoms with Crippen LogP contribution in [0.4, 0.5) is 0 Å². The summed E-state index contributed by atoms with van der Waals surface area (Å²) < 4.78 is 0. The lowest BCUT2D eigenvalue weighted by atomic mass is 9.44. The number of hydrogen-bond acceptors (Lipinski definition) is 4. The van der Waals surface area contributed by atoms with Crippen LogP contribution in [-0.2, 0) is 10.8 Å². The molecular formula is C28H24O4. The van der Waals surface area contributed by atoms with Crippen molar-refractivity contribution in [1.82, 2.24) is 0 Å².